The number of hydrogen-bond donors (Lipinski definition) is 0. The van der Waals surface area contributed by atoms with Crippen LogP contribution in [0.1, 0.15) is 38.5 Å². The summed E-state index contributed by atoms with van der Waals surface area (Å²) in [6.45, 7) is 0.644. The van der Waals surface area contributed by atoms with Gasteiger partial charge >= 0.3 is 18.9 Å². The number of rotatable bonds is 2. The van der Waals surface area contributed by atoms with Gasteiger partial charge in [0.15, 0.2) is 0 Å². The maximum atomic E-state index is 7.04. The third kappa shape index (κ3) is 3.66. The Morgan fingerprint density at radius 1 is 1.10 bits per heavy atom. The summed E-state index contributed by atoms with van der Waals surface area (Å²) in [6, 6.07) is 0. The molecule has 0 aromatic heterocycles. The molecular formula is C8H16LiN. The third-order valence-corrected chi connectivity index (χ3v) is 2.28. The molecule has 2 heteroatoms. The molecule has 1 rings (SSSR count). The Hall–Kier alpha value is 0.557. The van der Waals surface area contributed by atoms with Crippen molar-refractivity contribution in [2.24, 2.45) is 5.92 Å². The van der Waals surface area contributed by atoms with Gasteiger partial charge in [0, 0.05) is 0 Å². The first-order valence-electron chi connectivity index (χ1n) is 4.08. The predicted octanol–water partition coefficient (Wildman–Crippen LogP) is 0.0130. The molecule has 0 atom stereocenters. The molecule has 1 nitrogen and oxygen atoms in total. The van der Waals surface area contributed by atoms with Gasteiger partial charge in [-0.15, -0.1) is 0 Å². The molecule has 0 radical (unpaired) electrons. The maximum Gasteiger partial charge on any atom is 1.00 e. The van der Waals surface area contributed by atoms with Crippen LogP contribution in [0.3, 0.4) is 0 Å². The SMILES string of the molecule is [Li+].[NH-]CCC1CCCCC1. The van der Waals surface area contributed by atoms with Crippen LogP contribution in [0.15, 0.2) is 0 Å². The fourth-order valence-corrected chi connectivity index (χ4v) is 1.68. The quantitative estimate of drug-likeness (QED) is 0.474. The van der Waals surface area contributed by atoms with Crippen molar-refractivity contribution < 1.29 is 18.9 Å². The van der Waals surface area contributed by atoms with E-state index in [0.29, 0.717) is 6.54 Å². The second kappa shape index (κ2) is 6.28. The van der Waals surface area contributed by atoms with Gasteiger partial charge in [-0.2, -0.15) is 6.54 Å². The molecule has 0 amide bonds. The van der Waals surface area contributed by atoms with Gasteiger partial charge in [-0.25, -0.2) is 0 Å². The number of hydrogen-bond acceptors (Lipinski definition) is 0. The van der Waals surface area contributed by atoms with Gasteiger partial charge in [0.2, 0.25) is 0 Å². The van der Waals surface area contributed by atoms with Crippen molar-refractivity contribution in [3.63, 3.8) is 0 Å². The monoisotopic (exact) mass is 133 g/mol. The van der Waals surface area contributed by atoms with E-state index in [1.165, 1.54) is 32.1 Å². The molecule has 0 bridgehead atoms. The van der Waals surface area contributed by atoms with Gasteiger partial charge < -0.3 is 5.73 Å². The zero-order valence-corrected chi connectivity index (χ0v) is 7.03. The van der Waals surface area contributed by atoms with Gasteiger partial charge in [-0.05, 0) is 5.92 Å². The molecule has 0 heterocycles. The topological polar surface area (TPSA) is 23.8 Å². The van der Waals surface area contributed by atoms with Crippen molar-refractivity contribution in [3.8, 4) is 0 Å². The van der Waals surface area contributed by atoms with Crippen molar-refractivity contribution in [2.75, 3.05) is 6.54 Å². The molecular weight excluding hydrogens is 117 g/mol. The molecule has 0 unspecified atom stereocenters. The molecule has 10 heavy (non-hydrogen) atoms. The minimum atomic E-state index is 0. The Kier molecular flexibility index (Phi) is 6.63. The van der Waals surface area contributed by atoms with Crippen molar-refractivity contribution >= 4 is 0 Å². The van der Waals surface area contributed by atoms with Crippen LogP contribution in [0.4, 0.5) is 0 Å². The van der Waals surface area contributed by atoms with Gasteiger partial charge in [0.05, 0.1) is 0 Å². The first-order chi connectivity index (χ1) is 4.43. The summed E-state index contributed by atoms with van der Waals surface area (Å²) in [6.07, 6.45) is 8.24. The second-order valence-electron chi connectivity index (χ2n) is 3.04. The average Bonchev–Trinajstić information content (AvgIpc) is 1.91. The normalized spacial score (nSPS) is 20.1. The van der Waals surface area contributed by atoms with E-state index in [4.69, 9.17) is 5.73 Å². The van der Waals surface area contributed by atoms with Gasteiger partial charge in [-0.3, -0.25) is 0 Å². The molecule has 54 valence electrons. The standard InChI is InChI=1S/C8H16N.Li/c9-7-6-8-4-2-1-3-5-8;/h8-9H,1-7H2;/q-1;+1. The molecule has 0 aromatic carbocycles. The smallest absolute Gasteiger partial charge is 0.677 e. The van der Waals surface area contributed by atoms with Crippen molar-refractivity contribution in [1.29, 1.82) is 0 Å². The van der Waals surface area contributed by atoms with E-state index in [2.05, 4.69) is 0 Å². The largest absolute Gasteiger partial charge is 1.00 e. The fourth-order valence-electron chi connectivity index (χ4n) is 1.68. The Morgan fingerprint density at radius 2 is 1.70 bits per heavy atom. The zero-order valence-electron chi connectivity index (χ0n) is 7.03. The summed E-state index contributed by atoms with van der Waals surface area (Å²) in [7, 11) is 0. The first-order valence-corrected chi connectivity index (χ1v) is 4.08. The Bertz CT molecular complexity index is 66.9. The minimum Gasteiger partial charge on any atom is -0.677 e. The van der Waals surface area contributed by atoms with E-state index in [-0.39, 0.29) is 18.9 Å². The molecule has 1 aliphatic carbocycles. The Balaban J connectivity index is 0.000000810. The summed E-state index contributed by atoms with van der Waals surface area (Å²) < 4.78 is 0. The van der Waals surface area contributed by atoms with Crippen LogP contribution in [0.5, 0.6) is 0 Å². The molecule has 0 aliphatic heterocycles. The average molecular weight is 133 g/mol. The summed E-state index contributed by atoms with van der Waals surface area (Å²) in [5.41, 5.74) is 7.04. The third-order valence-electron chi connectivity index (χ3n) is 2.28. The van der Waals surface area contributed by atoms with E-state index in [9.17, 15) is 0 Å². The molecule has 1 aliphatic rings. The van der Waals surface area contributed by atoms with Gasteiger partial charge in [0.25, 0.3) is 0 Å². The summed E-state index contributed by atoms with van der Waals surface area (Å²) in [4.78, 5) is 0. The van der Waals surface area contributed by atoms with E-state index >= 15 is 0 Å². The number of nitrogens with one attached hydrogen (secondary N) is 1. The molecule has 1 N–H and O–H groups in total. The van der Waals surface area contributed by atoms with Crippen molar-refractivity contribution in [2.45, 2.75) is 38.5 Å². The first kappa shape index (κ1) is 10.6. The van der Waals surface area contributed by atoms with Crippen LogP contribution in [0.2, 0.25) is 0 Å². The Labute approximate surface area is 75.9 Å². The molecule has 0 spiro atoms. The molecule has 0 saturated heterocycles. The van der Waals surface area contributed by atoms with Gasteiger partial charge in [-0.1, -0.05) is 38.5 Å². The fraction of sp³-hybridized carbons (Fsp3) is 1.00. The van der Waals surface area contributed by atoms with Crippen molar-refractivity contribution in [1.82, 2.24) is 0 Å². The van der Waals surface area contributed by atoms with E-state index in [1.54, 1.807) is 0 Å². The van der Waals surface area contributed by atoms with Crippen LogP contribution >= 0.6 is 0 Å². The summed E-state index contributed by atoms with van der Waals surface area (Å²) in [5, 5.41) is 0. The molecule has 1 saturated carbocycles. The minimum absolute atomic E-state index is 0. The zero-order chi connectivity index (χ0) is 6.53. The summed E-state index contributed by atoms with van der Waals surface area (Å²) in [5.74, 6) is 0.913. The van der Waals surface area contributed by atoms with Crippen molar-refractivity contribution in [3.05, 3.63) is 5.73 Å². The van der Waals surface area contributed by atoms with E-state index in [1.807, 2.05) is 0 Å². The molecule has 1 fully saturated rings. The predicted molar refractivity (Wildman–Crippen MR) is 40.4 cm³/mol. The maximum absolute atomic E-state index is 7.04. The van der Waals surface area contributed by atoms with Crippen LogP contribution in [-0.4, -0.2) is 6.54 Å². The van der Waals surface area contributed by atoms with Crippen LogP contribution in [0, 0.1) is 5.92 Å². The molecule has 0 aromatic rings. The summed E-state index contributed by atoms with van der Waals surface area (Å²) >= 11 is 0. The second-order valence-corrected chi connectivity index (χ2v) is 3.04. The van der Waals surface area contributed by atoms with Crippen LogP contribution in [-0.2, 0) is 0 Å². The van der Waals surface area contributed by atoms with Crippen LogP contribution in [0.25, 0.3) is 5.73 Å². The van der Waals surface area contributed by atoms with Crippen LogP contribution < -0.4 is 18.9 Å². The van der Waals surface area contributed by atoms with E-state index < -0.39 is 0 Å². The van der Waals surface area contributed by atoms with Gasteiger partial charge in [0.1, 0.15) is 0 Å². The van der Waals surface area contributed by atoms with E-state index in [0.717, 1.165) is 12.3 Å². The Morgan fingerprint density at radius 3 is 2.20 bits per heavy atom.